The molecule has 1 heteroatoms. The first-order valence-corrected chi connectivity index (χ1v) is 6.69. The predicted octanol–water partition coefficient (Wildman–Crippen LogP) is 4.60. The number of benzene rings is 1. The molecule has 0 aliphatic heterocycles. The van der Waals surface area contributed by atoms with Crippen molar-refractivity contribution in [3.05, 3.63) is 41.0 Å². The molecule has 86 valence electrons. The Kier molecular flexibility index (Phi) is 4.06. The van der Waals surface area contributed by atoms with Crippen LogP contribution in [0.15, 0.2) is 24.3 Å². The van der Waals surface area contributed by atoms with E-state index in [1.807, 2.05) is 0 Å². The lowest BCUT2D eigenvalue weighted by Gasteiger charge is -2.16. The number of hydrogen-bond donors (Lipinski definition) is 0. The second-order valence-corrected chi connectivity index (χ2v) is 4.93. The van der Waals surface area contributed by atoms with Crippen molar-refractivity contribution in [2.75, 3.05) is 5.88 Å². The molecule has 0 heterocycles. The highest BCUT2D eigenvalue weighted by Crippen LogP contribution is 2.25. The van der Waals surface area contributed by atoms with Crippen LogP contribution in [-0.2, 0) is 12.8 Å². The number of halogens is 1. The summed E-state index contributed by atoms with van der Waals surface area (Å²) in [5.41, 5.74) is 5.84. The number of allylic oxidation sites excluding steroid dienone is 2. The topological polar surface area (TPSA) is 0 Å². The van der Waals surface area contributed by atoms with Crippen LogP contribution >= 0.6 is 11.6 Å². The van der Waals surface area contributed by atoms with E-state index in [1.54, 1.807) is 11.1 Å². The third-order valence-electron chi connectivity index (χ3n) is 3.36. The van der Waals surface area contributed by atoms with E-state index in [4.69, 9.17) is 11.6 Å². The molecule has 0 unspecified atom stereocenters. The predicted molar refractivity (Wildman–Crippen MR) is 72.1 cm³/mol. The fraction of sp³-hybridized carbons (Fsp3) is 0.467. The molecular formula is C15H19Cl. The van der Waals surface area contributed by atoms with E-state index < -0.39 is 0 Å². The van der Waals surface area contributed by atoms with Crippen LogP contribution in [-0.4, -0.2) is 5.88 Å². The minimum absolute atomic E-state index is 0.711. The quantitative estimate of drug-likeness (QED) is 0.671. The first-order chi connectivity index (χ1) is 7.81. The van der Waals surface area contributed by atoms with E-state index >= 15 is 0 Å². The van der Waals surface area contributed by atoms with Gasteiger partial charge in [0, 0.05) is 5.88 Å². The third-order valence-corrected chi connectivity index (χ3v) is 3.58. The zero-order valence-corrected chi connectivity index (χ0v) is 10.7. The second kappa shape index (κ2) is 5.54. The van der Waals surface area contributed by atoms with Gasteiger partial charge in [-0.2, -0.15) is 0 Å². The zero-order chi connectivity index (χ0) is 11.4. The van der Waals surface area contributed by atoms with Gasteiger partial charge >= 0.3 is 0 Å². The van der Waals surface area contributed by atoms with Gasteiger partial charge in [0.25, 0.3) is 0 Å². The van der Waals surface area contributed by atoms with Crippen LogP contribution in [0.5, 0.6) is 0 Å². The Morgan fingerprint density at radius 2 is 2.00 bits per heavy atom. The molecule has 1 aliphatic rings. The first-order valence-electron chi connectivity index (χ1n) is 6.16. The van der Waals surface area contributed by atoms with Crippen LogP contribution in [0.4, 0.5) is 0 Å². The standard InChI is InChI=1S/C15H19Cl/c1-12(5-4-10-16)14-9-8-13-6-2-3-7-15(13)11-14/h5,8-9,11H,2-4,6-7,10H2,1H3/b12-5+. The lowest BCUT2D eigenvalue weighted by atomic mass is 9.89. The molecule has 1 aliphatic carbocycles. The SMILES string of the molecule is C/C(=C\CCCl)c1ccc2c(c1)CCCC2. The summed E-state index contributed by atoms with van der Waals surface area (Å²) in [5.74, 6) is 0.711. The molecule has 1 aromatic rings. The first kappa shape index (κ1) is 11.7. The van der Waals surface area contributed by atoms with Crippen molar-refractivity contribution < 1.29 is 0 Å². The van der Waals surface area contributed by atoms with Gasteiger partial charge in [-0.3, -0.25) is 0 Å². The number of aryl methyl sites for hydroxylation is 2. The molecule has 0 spiro atoms. The van der Waals surface area contributed by atoms with E-state index in [2.05, 4.69) is 31.2 Å². The maximum absolute atomic E-state index is 5.70. The molecule has 1 aromatic carbocycles. The van der Waals surface area contributed by atoms with Gasteiger partial charge < -0.3 is 0 Å². The lowest BCUT2D eigenvalue weighted by molar-refractivity contribution is 0.685. The molecule has 0 nitrogen and oxygen atoms in total. The van der Waals surface area contributed by atoms with Gasteiger partial charge in [0.15, 0.2) is 0 Å². The summed E-state index contributed by atoms with van der Waals surface area (Å²) >= 11 is 5.70. The Balaban J connectivity index is 2.22. The van der Waals surface area contributed by atoms with Crippen molar-refractivity contribution >= 4 is 17.2 Å². The largest absolute Gasteiger partial charge is 0.126 e. The fourth-order valence-corrected chi connectivity index (χ4v) is 2.48. The minimum Gasteiger partial charge on any atom is -0.126 e. The van der Waals surface area contributed by atoms with Gasteiger partial charge in [-0.15, -0.1) is 11.6 Å². The summed E-state index contributed by atoms with van der Waals surface area (Å²) in [6.07, 6.45) is 8.42. The molecule has 16 heavy (non-hydrogen) atoms. The van der Waals surface area contributed by atoms with Gasteiger partial charge in [0.05, 0.1) is 0 Å². The van der Waals surface area contributed by atoms with Crippen molar-refractivity contribution in [2.45, 2.75) is 39.0 Å². The van der Waals surface area contributed by atoms with Crippen molar-refractivity contribution in [2.24, 2.45) is 0 Å². The van der Waals surface area contributed by atoms with Crippen molar-refractivity contribution in [3.63, 3.8) is 0 Å². The Morgan fingerprint density at radius 1 is 1.25 bits per heavy atom. The minimum atomic E-state index is 0.711. The molecule has 0 bridgehead atoms. The van der Waals surface area contributed by atoms with E-state index in [1.165, 1.54) is 36.8 Å². The number of alkyl halides is 1. The molecule has 0 saturated carbocycles. The van der Waals surface area contributed by atoms with Gasteiger partial charge in [-0.25, -0.2) is 0 Å². The maximum atomic E-state index is 5.70. The van der Waals surface area contributed by atoms with E-state index in [0.29, 0.717) is 5.88 Å². The highest BCUT2D eigenvalue weighted by molar-refractivity contribution is 6.17. The molecule has 2 rings (SSSR count). The molecule has 0 fully saturated rings. The average molecular weight is 235 g/mol. The summed E-state index contributed by atoms with van der Waals surface area (Å²) in [6, 6.07) is 6.93. The Labute approximate surface area is 103 Å². The maximum Gasteiger partial charge on any atom is 0.0258 e. The molecule has 0 amide bonds. The summed E-state index contributed by atoms with van der Waals surface area (Å²) < 4.78 is 0. The lowest BCUT2D eigenvalue weighted by Crippen LogP contribution is -2.02. The second-order valence-electron chi connectivity index (χ2n) is 4.56. The van der Waals surface area contributed by atoms with E-state index in [0.717, 1.165) is 6.42 Å². The smallest absolute Gasteiger partial charge is 0.0258 e. The molecular weight excluding hydrogens is 216 g/mol. The van der Waals surface area contributed by atoms with Crippen LogP contribution in [0, 0.1) is 0 Å². The van der Waals surface area contributed by atoms with Gasteiger partial charge in [-0.1, -0.05) is 24.3 Å². The van der Waals surface area contributed by atoms with Crippen molar-refractivity contribution in [1.29, 1.82) is 0 Å². The molecule has 0 aromatic heterocycles. The molecule has 0 saturated heterocycles. The van der Waals surface area contributed by atoms with Crippen LogP contribution in [0.25, 0.3) is 5.57 Å². The summed E-state index contributed by atoms with van der Waals surface area (Å²) in [7, 11) is 0. The normalized spacial score (nSPS) is 16.0. The number of fused-ring (bicyclic) bond motifs is 1. The van der Waals surface area contributed by atoms with Gasteiger partial charge in [-0.05, 0) is 61.3 Å². The van der Waals surface area contributed by atoms with E-state index in [-0.39, 0.29) is 0 Å². The highest BCUT2D eigenvalue weighted by Gasteiger charge is 2.09. The third kappa shape index (κ3) is 2.68. The van der Waals surface area contributed by atoms with E-state index in [9.17, 15) is 0 Å². The number of rotatable bonds is 3. The fourth-order valence-electron chi connectivity index (χ4n) is 2.37. The molecule has 0 N–H and O–H groups in total. The monoisotopic (exact) mass is 234 g/mol. The Morgan fingerprint density at radius 3 is 2.75 bits per heavy atom. The Hall–Kier alpha value is -0.750. The summed E-state index contributed by atoms with van der Waals surface area (Å²) in [6.45, 7) is 2.18. The highest BCUT2D eigenvalue weighted by atomic mass is 35.5. The number of hydrogen-bond acceptors (Lipinski definition) is 0. The molecule has 0 radical (unpaired) electrons. The van der Waals surface area contributed by atoms with Gasteiger partial charge in [0.2, 0.25) is 0 Å². The average Bonchev–Trinajstić information content (AvgIpc) is 2.35. The Bertz CT molecular complexity index is 390. The zero-order valence-electron chi connectivity index (χ0n) is 9.93. The van der Waals surface area contributed by atoms with Crippen LogP contribution in [0.1, 0.15) is 42.9 Å². The van der Waals surface area contributed by atoms with Gasteiger partial charge in [0.1, 0.15) is 0 Å². The van der Waals surface area contributed by atoms with Crippen LogP contribution < -0.4 is 0 Å². The summed E-state index contributed by atoms with van der Waals surface area (Å²) in [4.78, 5) is 0. The van der Waals surface area contributed by atoms with Crippen molar-refractivity contribution in [1.82, 2.24) is 0 Å². The van der Waals surface area contributed by atoms with Crippen LogP contribution in [0.2, 0.25) is 0 Å². The van der Waals surface area contributed by atoms with Crippen molar-refractivity contribution in [3.8, 4) is 0 Å². The van der Waals surface area contributed by atoms with Crippen LogP contribution in [0.3, 0.4) is 0 Å². The summed E-state index contributed by atoms with van der Waals surface area (Å²) in [5, 5.41) is 0. The molecule has 0 atom stereocenters.